The van der Waals surface area contributed by atoms with Crippen molar-refractivity contribution in [1.82, 2.24) is 15.5 Å². The lowest BCUT2D eigenvalue weighted by molar-refractivity contribution is 0.0132. The number of morpholine rings is 1. The second kappa shape index (κ2) is 14.1. The van der Waals surface area contributed by atoms with E-state index in [-0.39, 0.29) is 24.0 Å². The Labute approximate surface area is 187 Å². The number of benzene rings is 1. The molecule has 1 aromatic rings. The zero-order valence-electron chi connectivity index (χ0n) is 17.7. The Kier molecular flexibility index (Phi) is 12.7. The summed E-state index contributed by atoms with van der Waals surface area (Å²) in [6, 6.07) is 8.97. The van der Waals surface area contributed by atoms with Crippen LogP contribution in [-0.4, -0.2) is 63.9 Å². The number of guanidine groups is 1. The van der Waals surface area contributed by atoms with Crippen LogP contribution in [0.15, 0.2) is 29.3 Å². The average Bonchev–Trinajstić information content (AvgIpc) is 2.69. The normalized spacial score (nSPS) is 16.5. The fraction of sp³-hybridized carbons (Fsp3) is 0.667. The third-order valence-electron chi connectivity index (χ3n) is 4.83. The molecule has 0 radical (unpaired) electrons. The van der Waals surface area contributed by atoms with E-state index in [0.29, 0.717) is 18.6 Å². The fourth-order valence-corrected chi connectivity index (χ4v) is 3.39. The van der Waals surface area contributed by atoms with Crippen molar-refractivity contribution in [3.63, 3.8) is 0 Å². The minimum atomic E-state index is 0. The number of nitrogens with one attached hydrogen (secondary N) is 2. The van der Waals surface area contributed by atoms with Gasteiger partial charge in [0, 0.05) is 46.4 Å². The van der Waals surface area contributed by atoms with Crippen LogP contribution < -0.4 is 10.6 Å². The summed E-state index contributed by atoms with van der Waals surface area (Å²) in [6.07, 6.45) is 1.17. The third-order valence-corrected chi connectivity index (χ3v) is 4.83. The lowest BCUT2D eigenvalue weighted by atomic mass is 10.0. The van der Waals surface area contributed by atoms with Gasteiger partial charge in [0.2, 0.25) is 0 Å². The van der Waals surface area contributed by atoms with Gasteiger partial charge in [-0.15, -0.1) is 24.0 Å². The molecule has 1 atom stereocenters. The molecule has 1 aromatic carbocycles. The van der Waals surface area contributed by atoms with Crippen LogP contribution in [0.2, 0.25) is 0 Å². The molecule has 1 fully saturated rings. The van der Waals surface area contributed by atoms with E-state index in [2.05, 4.69) is 58.6 Å². The molecular formula is C21H37IN4O2. The van der Waals surface area contributed by atoms with E-state index >= 15 is 0 Å². The summed E-state index contributed by atoms with van der Waals surface area (Å²) in [4.78, 5) is 6.92. The molecule has 0 spiro atoms. The first-order valence-electron chi connectivity index (χ1n) is 9.95. The summed E-state index contributed by atoms with van der Waals surface area (Å²) < 4.78 is 10.7. The van der Waals surface area contributed by atoms with Crippen LogP contribution in [0.25, 0.3) is 0 Å². The maximum atomic E-state index is 5.51. The van der Waals surface area contributed by atoms with Gasteiger partial charge in [-0.3, -0.25) is 9.89 Å². The molecule has 1 unspecified atom stereocenters. The van der Waals surface area contributed by atoms with Crippen LogP contribution in [0.3, 0.4) is 0 Å². The number of aliphatic imine (C=N–C) groups is 1. The topological polar surface area (TPSA) is 58.1 Å². The van der Waals surface area contributed by atoms with Gasteiger partial charge >= 0.3 is 0 Å². The Morgan fingerprint density at radius 2 is 1.79 bits per heavy atom. The van der Waals surface area contributed by atoms with Crippen molar-refractivity contribution >= 4 is 29.9 Å². The number of hydrogen-bond donors (Lipinski definition) is 2. The van der Waals surface area contributed by atoms with Crippen molar-refractivity contribution < 1.29 is 9.47 Å². The van der Waals surface area contributed by atoms with Gasteiger partial charge < -0.3 is 20.1 Å². The number of hydrogen-bond acceptors (Lipinski definition) is 4. The van der Waals surface area contributed by atoms with E-state index in [9.17, 15) is 0 Å². The van der Waals surface area contributed by atoms with Crippen molar-refractivity contribution in [2.45, 2.75) is 39.5 Å². The number of nitrogens with zero attached hydrogens (tertiary/aromatic N) is 2. The molecule has 6 nitrogen and oxygen atoms in total. The summed E-state index contributed by atoms with van der Waals surface area (Å²) >= 11 is 0. The number of methoxy groups -OCH3 is 1. The van der Waals surface area contributed by atoms with E-state index in [1.807, 2.05) is 7.05 Å². The van der Waals surface area contributed by atoms with Gasteiger partial charge in [0.15, 0.2) is 5.96 Å². The van der Waals surface area contributed by atoms with E-state index in [1.54, 1.807) is 7.11 Å². The van der Waals surface area contributed by atoms with Crippen LogP contribution >= 0.6 is 24.0 Å². The highest BCUT2D eigenvalue weighted by Crippen LogP contribution is 2.13. The average molecular weight is 504 g/mol. The Morgan fingerprint density at radius 1 is 1.14 bits per heavy atom. The summed E-state index contributed by atoms with van der Waals surface area (Å²) in [5.41, 5.74) is 2.41. The minimum absolute atomic E-state index is 0. The number of ether oxygens (including phenoxy) is 2. The molecule has 0 aliphatic carbocycles. The lowest BCUT2D eigenvalue weighted by Crippen LogP contribution is -2.50. The molecule has 1 heterocycles. The molecule has 1 saturated heterocycles. The first kappa shape index (κ1) is 25.1. The maximum absolute atomic E-state index is 5.51. The van der Waals surface area contributed by atoms with Gasteiger partial charge in [0.25, 0.3) is 0 Å². The van der Waals surface area contributed by atoms with Gasteiger partial charge in [-0.25, -0.2) is 0 Å². The number of halogens is 1. The van der Waals surface area contributed by atoms with Gasteiger partial charge in [-0.05, 0) is 23.5 Å². The van der Waals surface area contributed by atoms with Crippen molar-refractivity contribution in [1.29, 1.82) is 0 Å². The number of rotatable bonds is 9. The van der Waals surface area contributed by atoms with Crippen molar-refractivity contribution in [3.05, 3.63) is 35.4 Å². The summed E-state index contributed by atoms with van der Waals surface area (Å²) in [5, 5.41) is 6.92. The molecule has 0 bridgehead atoms. The molecule has 2 rings (SSSR count). The molecule has 1 aliphatic rings. The summed E-state index contributed by atoms with van der Waals surface area (Å²) in [5.74, 6) is 1.51. The summed E-state index contributed by atoms with van der Waals surface area (Å²) in [7, 11) is 3.54. The van der Waals surface area contributed by atoms with Crippen LogP contribution in [-0.2, 0) is 22.6 Å². The van der Waals surface area contributed by atoms with Gasteiger partial charge in [0.1, 0.15) is 0 Å². The molecular weight excluding hydrogens is 467 g/mol. The first-order chi connectivity index (χ1) is 13.1. The van der Waals surface area contributed by atoms with E-state index in [4.69, 9.17) is 9.47 Å². The Balaban J connectivity index is 0.00000392. The second-order valence-electron chi connectivity index (χ2n) is 7.49. The van der Waals surface area contributed by atoms with E-state index in [1.165, 1.54) is 17.5 Å². The minimum Gasteiger partial charge on any atom is -0.380 e. The van der Waals surface area contributed by atoms with Crippen molar-refractivity contribution in [2.24, 2.45) is 10.9 Å². The predicted octanol–water partition coefficient (Wildman–Crippen LogP) is 2.86. The van der Waals surface area contributed by atoms with Crippen LogP contribution in [0, 0.1) is 5.92 Å². The highest BCUT2D eigenvalue weighted by Gasteiger charge is 2.22. The molecule has 7 heteroatoms. The Hall–Kier alpha value is -0.900. The van der Waals surface area contributed by atoms with Crippen molar-refractivity contribution in [3.8, 4) is 0 Å². The fourth-order valence-electron chi connectivity index (χ4n) is 3.39. The molecule has 160 valence electrons. The smallest absolute Gasteiger partial charge is 0.191 e. The molecule has 2 N–H and O–H groups in total. The van der Waals surface area contributed by atoms with Crippen LogP contribution in [0.5, 0.6) is 0 Å². The zero-order valence-corrected chi connectivity index (χ0v) is 20.1. The third kappa shape index (κ3) is 9.07. The Bertz CT molecular complexity index is 560. The molecule has 28 heavy (non-hydrogen) atoms. The summed E-state index contributed by atoms with van der Waals surface area (Å²) in [6.45, 7) is 10.6. The molecule has 0 aromatic heterocycles. The zero-order chi connectivity index (χ0) is 19.5. The largest absolute Gasteiger partial charge is 0.380 e. The first-order valence-corrected chi connectivity index (χ1v) is 9.95. The Morgan fingerprint density at radius 3 is 2.36 bits per heavy atom. The lowest BCUT2D eigenvalue weighted by Gasteiger charge is -2.35. The SMILES string of the molecule is CN=C(NCc1ccc(COC)cc1)NCC(CC(C)C)N1CCOCC1.I. The second-order valence-corrected chi connectivity index (χ2v) is 7.49. The van der Waals surface area contributed by atoms with E-state index in [0.717, 1.165) is 45.4 Å². The van der Waals surface area contributed by atoms with Crippen molar-refractivity contribution in [2.75, 3.05) is 47.0 Å². The van der Waals surface area contributed by atoms with E-state index < -0.39 is 0 Å². The van der Waals surface area contributed by atoms with Crippen LogP contribution in [0.4, 0.5) is 0 Å². The highest BCUT2D eigenvalue weighted by atomic mass is 127. The van der Waals surface area contributed by atoms with Gasteiger partial charge in [-0.2, -0.15) is 0 Å². The quantitative estimate of drug-likeness (QED) is 0.308. The predicted molar refractivity (Wildman–Crippen MR) is 126 cm³/mol. The van der Waals surface area contributed by atoms with Gasteiger partial charge in [0.05, 0.1) is 19.8 Å². The highest BCUT2D eigenvalue weighted by molar-refractivity contribution is 14.0. The molecule has 1 aliphatic heterocycles. The standard InChI is InChI=1S/C21H36N4O2.HI/c1-17(2)13-20(25-9-11-27-12-10-25)15-24-21(22-3)23-14-18-5-7-19(8-6-18)16-26-4;/h5-8,17,20H,9-16H2,1-4H3,(H2,22,23,24);1H. The molecule has 0 amide bonds. The molecule has 0 saturated carbocycles. The monoisotopic (exact) mass is 504 g/mol. The van der Waals surface area contributed by atoms with Crippen LogP contribution in [0.1, 0.15) is 31.4 Å². The van der Waals surface area contributed by atoms with Gasteiger partial charge in [-0.1, -0.05) is 38.1 Å². The maximum Gasteiger partial charge on any atom is 0.191 e.